The third kappa shape index (κ3) is 3.43. The van der Waals surface area contributed by atoms with Crippen molar-refractivity contribution < 1.29 is 0 Å². The average Bonchev–Trinajstić information content (AvgIpc) is 3.54. The molecule has 176 valence electrons. The lowest BCUT2D eigenvalue weighted by Gasteiger charge is -2.51. The third-order valence-corrected chi connectivity index (χ3v) is 7.25. The highest BCUT2D eigenvalue weighted by Gasteiger charge is 2.46. The molecule has 0 bridgehead atoms. The Morgan fingerprint density at radius 2 is 1.83 bits per heavy atom. The van der Waals surface area contributed by atoms with E-state index >= 15 is 0 Å². The first kappa shape index (κ1) is 21.6. The van der Waals surface area contributed by atoms with E-state index in [2.05, 4.69) is 86.4 Å². The van der Waals surface area contributed by atoms with Gasteiger partial charge in [-0.3, -0.25) is 14.0 Å². The number of aromatic nitrogens is 6. The molecular formula is C27H28N8. The number of hydrogen-bond donors (Lipinski definition) is 0. The summed E-state index contributed by atoms with van der Waals surface area (Å²) in [5.74, 6) is 0.857. The number of likely N-dealkylation sites (tertiary alicyclic amines) is 1. The fourth-order valence-electron chi connectivity index (χ4n) is 5.27. The summed E-state index contributed by atoms with van der Waals surface area (Å²) in [6, 6.07) is 21.7. The van der Waals surface area contributed by atoms with Crippen molar-refractivity contribution in [3.05, 3.63) is 72.2 Å². The lowest BCUT2D eigenvalue weighted by atomic mass is 9.86. The maximum atomic E-state index is 9.56. The van der Waals surface area contributed by atoms with Crippen molar-refractivity contribution in [2.24, 2.45) is 0 Å². The van der Waals surface area contributed by atoms with Crippen molar-refractivity contribution in [2.45, 2.75) is 45.3 Å². The minimum Gasteiger partial charge on any atom is -0.333 e. The quantitative estimate of drug-likeness (QED) is 0.376. The largest absolute Gasteiger partial charge is 0.333 e. The molecule has 1 aliphatic heterocycles. The molecule has 1 aromatic carbocycles. The van der Waals surface area contributed by atoms with E-state index in [0.717, 1.165) is 53.5 Å². The van der Waals surface area contributed by atoms with Gasteiger partial charge in [0.25, 0.3) is 0 Å². The van der Waals surface area contributed by atoms with Crippen LogP contribution in [0.2, 0.25) is 0 Å². The molecule has 1 saturated heterocycles. The summed E-state index contributed by atoms with van der Waals surface area (Å²) < 4.78 is 6.43. The molecule has 0 radical (unpaired) electrons. The molecule has 5 aromatic rings. The molecule has 0 aliphatic carbocycles. The average molecular weight is 465 g/mol. The predicted octanol–water partition coefficient (Wildman–Crippen LogP) is 4.24. The van der Waals surface area contributed by atoms with Crippen LogP contribution in [0, 0.1) is 18.3 Å². The van der Waals surface area contributed by atoms with E-state index in [4.69, 9.17) is 5.10 Å². The molecule has 0 amide bonds. The van der Waals surface area contributed by atoms with E-state index < -0.39 is 0 Å². The van der Waals surface area contributed by atoms with Gasteiger partial charge < -0.3 is 4.57 Å². The van der Waals surface area contributed by atoms with Gasteiger partial charge in [-0.2, -0.15) is 10.4 Å². The lowest BCUT2D eigenvalue weighted by molar-refractivity contribution is -0.0163. The summed E-state index contributed by atoms with van der Waals surface area (Å²) in [6.45, 7) is 8.77. The van der Waals surface area contributed by atoms with Gasteiger partial charge in [-0.05, 0) is 50.6 Å². The second-order valence-corrected chi connectivity index (χ2v) is 9.85. The number of benzene rings is 1. The molecule has 0 spiro atoms. The van der Waals surface area contributed by atoms with E-state index in [-0.39, 0.29) is 5.54 Å². The van der Waals surface area contributed by atoms with Crippen LogP contribution in [0.15, 0.2) is 60.8 Å². The molecule has 35 heavy (non-hydrogen) atoms. The van der Waals surface area contributed by atoms with Crippen molar-refractivity contribution in [2.75, 3.05) is 13.1 Å². The summed E-state index contributed by atoms with van der Waals surface area (Å²) in [5, 5.41) is 23.2. The first-order valence-corrected chi connectivity index (χ1v) is 12.0. The predicted molar refractivity (Wildman–Crippen MR) is 135 cm³/mol. The van der Waals surface area contributed by atoms with Crippen molar-refractivity contribution in [3.63, 3.8) is 0 Å². The number of nitriles is 1. The standard InChI is InChI=1S/C27H28N8/c1-19(2)32-17-27(18-32,12-13-28)34-14-11-22(31-34)24-15-25-23(9-10-26-30-29-20(3)35(25)26)33(24)16-21-7-5-4-6-8-21/h4-11,14-15,19H,12,16-18H2,1-3H3. The first-order chi connectivity index (χ1) is 17.0. The van der Waals surface area contributed by atoms with Gasteiger partial charge in [0.15, 0.2) is 5.65 Å². The minimum absolute atomic E-state index is 0.272. The molecule has 0 atom stereocenters. The SMILES string of the molecule is Cc1nnc2ccc3c(cc(-c4ccn(C5(CC#N)CN(C(C)C)C5)n4)n3Cc3ccccc3)n12. The molecule has 1 aliphatic rings. The van der Waals surface area contributed by atoms with Crippen LogP contribution in [0.25, 0.3) is 28.1 Å². The van der Waals surface area contributed by atoms with Gasteiger partial charge in [0.2, 0.25) is 0 Å². The number of fused-ring (bicyclic) bond motifs is 3. The van der Waals surface area contributed by atoms with Crippen LogP contribution in [-0.4, -0.2) is 53.0 Å². The third-order valence-electron chi connectivity index (χ3n) is 7.25. The maximum Gasteiger partial charge on any atom is 0.161 e. The highest BCUT2D eigenvalue weighted by Crippen LogP contribution is 2.35. The fraction of sp³-hybridized carbons (Fsp3) is 0.333. The van der Waals surface area contributed by atoms with Gasteiger partial charge in [0, 0.05) is 31.9 Å². The Morgan fingerprint density at radius 1 is 1.03 bits per heavy atom. The van der Waals surface area contributed by atoms with Crippen LogP contribution in [0.5, 0.6) is 0 Å². The number of hydrogen-bond acceptors (Lipinski definition) is 5. The van der Waals surface area contributed by atoms with Gasteiger partial charge in [0.05, 0.1) is 29.2 Å². The van der Waals surface area contributed by atoms with E-state index in [0.29, 0.717) is 12.5 Å². The lowest BCUT2D eigenvalue weighted by Crippen LogP contribution is -2.64. The summed E-state index contributed by atoms with van der Waals surface area (Å²) in [4.78, 5) is 2.39. The molecular weight excluding hydrogens is 436 g/mol. The molecule has 0 N–H and O–H groups in total. The van der Waals surface area contributed by atoms with Crippen LogP contribution in [0.3, 0.4) is 0 Å². The zero-order chi connectivity index (χ0) is 24.2. The van der Waals surface area contributed by atoms with Crippen LogP contribution < -0.4 is 0 Å². The molecule has 0 saturated carbocycles. The second kappa shape index (κ2) is 8.07. The Morgan fingerprint density at radius 3 is 2.57 bits per heavy atom. The zero-order valence-corrected chi connectivity index (χ0v) is 20.3. The van der Waals surface area contributed by atoms with Crippen LogP contribution >= 0.6 is 0 Å². The number of pyridine rings is 1. The Hall–Kier alpha value is -3.96. The summed E-state index contributed by atoms with van der Waals surface area (Å²) >= 11 is 0. The van der Waals surface area contributed by atoms with E-state index in [1.165, 1.54) is 5.56 Å². The smallest absolute Gasteiger partial charge is 0.161 e. The van der Waals surface area contributed by atoms with E-state index in [9.17, 15) is 5.26 Å². The van der Waals surface area contributed by atoms with Crippen molar-refractivity contribution in [1.82, 2.24) is 33.8 Å². The van der Waals surface area contributed by atoms with E-state index in [1.54, 1.807) is 0 Å². The van der Waals surface area contributed by atoms with Gasteiger partial charge in [-0.1, -0.05) is 30.3 Å². The molecule has 0 unspecified atom stereocenters. The first-order valence-electron chi connectivity index (χ1n) is 12.0. The number of rotatable bonds is 6. The maximum absolute atomic E-state index is 9.56. The highest BCUT2D eigenvalue weighted by molar-refractivity contribution is 5.86. The van der Waals surface area contributed by atoms with Gasteiger partial charge in [0.1, 0.15) is 17.1 Å². The Labute approximate surface area is 204 Å². The highest BCUT2D eigenvalue weighted by atomic mass is 15.4. The fourth-order valence-corrected chi connectivity index (χ4v) is 5.27. The molecule has 5 heterocycles. The van der Waals surface area contributed by atoms with Gasteiger partial charge >= 0.3 is 0 Å². The van der Waals surface area contributed by atoms with Crippen molar-refractivity contribution >= 4 is 16.7 Å². The summed E-state index contributed by atoms with van der Waals surface area (Å²) in [6.07, 6.45) is 2.49. The van der Waals surface area contributed by atoms with Gasteiger partial charge in [-0.15, -0.1) is 10.2 Å². The van der Waals surface area contributed by atoms with Crippen LogP contribution in [-0.2, 0) is 12.1 Å². The van der Waals surface area contributed by atoms with Gasteiger partial charge in [-0.25, -0.2) is 0 Å². The summed E-state index contributed by atoms with van der Waals surface area (Å²) in [5.41, 5.74) is 5.89. The van der Waals surface area contributed by atoms with Crippen LogP contribution in [0.1, 0.15) is 31.7 Å². The molecule has 4 aromatic heterocycles. The van der Waals surface area contributed by atoms with Crippen LogP contribution in [0.4, 0.5) is 0 Å². The minimum atomic E-state index is -0.272. The Bertz CT molecular complexity index is 1560. The molecule has 6 rings (SSSR count). The number of nitrogens with zero attached hydrogens (tertiary/aromatic N) is 8. The van der Waals surface area contributed by atoms with Crippen molar-refractivity contribution in [3.8, 4) is 17.5 Å². The Kier molecular flexibility index (Phi) is 4.97. The number of aryl methyl sites for hydroxylation is 1. The summed E-state index contributed by atoms with van der Waals surface area (Å²) in [7, 11) is 0. The second-order valence-electron chi connectivity index (χ2n) is 9.85. The van der Waals surface area contributed by atoms with E-state index in [1.807, 2.05) is 29.9 Å². The zero-order valence-electron chi connectivity index (χ0n) is 20.3. The molecule has 1 fully saturated rings. The molecule has 8 heteroatoms. The topological polar surface area (TPSA) is 80.0 Å². The monoisotopic (exact) mass is 464 g/mol. The Balaban J connectivity index is 1.48. The van der Waals surface area contributed by atoms with Crippen molar-refractivity contribution in [1.29, 1.82) is 5.26 Å². The normalized spacial score (nSPS) is 15.6. The molecule has 8 nitrogen and oxygen atoms in total.